The van der Waals surface area contributed by atoms with Crippen LogP contribution in [0.4, 0.5) is 5.82 Å². The van der Waals surface area contributed by atoms with Gasteiger partial charge in [-0.2, -0.15) is 0 Å². The van der Waals surface area contributed by atoms with Crippen molar-refractivity contribution in [2.45, 2.75) is 39.0 Å². The van der Waals surface area contributed by atoms with Gasteiger partial charge in [0.25, 0.3) is 0 Å². The molecule has 19 heavy (non-hydrogen) atoms. The number of ether oxygens (including phenoxy) is 1. The number of aromatic nitrogens is 1. The molecule has 4 nitrogen and oxygen atoms in total. The summed E-state index contributed by atoms with van der Waals surface area (Å²) >= 11 is 0. The number of nitrogen functional groups attached to an aromatic ring is 1. The third-order valence-corrected chi connectivity index (χ3v) is 4.20. The average molecular weight is 262 g/mol. The maximum Gasteiger partial charge on any atom is 0.312 e. The number of hydrogen-bond acceptors (Lipinski definition) is 4. The Morgan fingerprint density at radius 2 is 2.16 bits per heavy atom. The van der Waals surface area contributed by atoms with Gasteiger partial charge in [0.15, 0.2) is 0 Å². The largest absolute Gasteiger partial charge is 0.469 e. The molecule has 4 heteroatoms. The average Bonchev–Trinajstić information content (AvgIpc) is 2.41. The molecule has 0 atom stereocenters. The van der Waals surface area contributed by atoms with Crippen LogP contribution in [0.25, 0.3) is 0 Å². The summed E-state index contributed by atoms with van der Waals surface area (Å²) in [5.74, 6) is 1.08. The second-order valence-corrected chi connectivity index (χ2v) is 5.69. The van der Waals surface area contributed by atoms with E-state index in [1.807, 2.05) is 12.1 Å². The normalized spacial score (nSPS) is 26.9. The fourth-order valence-electron chi connectivity index (χ4n) is 2.93. The van der Waals surface area contributed by atoms with E-state index in [4.69, 9.17) is 10.5 Å². The Balaban J connectivity index is 2.21. The fourth-order valence-corrected chi connectivity index (χ4v) is 2.93. The van der Waals surface area contributed by atoms with Crippen molar-refractivity contribution in [3.8, 4) is 0 Å². The molecule has 0 aliphatic heterocycles. The second kappa shape index (κ2) is 5.59. The van der Waals surface area contributed by atoms with Gasteiger partial charge in [-0.05, 0) is 43.7 Å². The van der Waals surface area contributed by atoms with Gasteiger partial charge in [-0.15, -0.1) is 0 Å². The first-order valence-electron chi connectivity index (χ1n) is 6.85. The predicted octanol–water partition coefficient (Wildman–Crippen LogP) is 2.58. The lowest BCUT2D eigenvalue weighted by Crippen LogP contribution is -2.38. The Hall–Kier alpha value is -1.58. The minimum absolute atomic E-state index is 0.108. The number of methoxy groups -OCH3 is 1. The quantitative estimate of drug-likeness (QED) is 0.850. The molecule has 1 fully saturated rings. The molecule has 2 rings (SSSR count). The molecule has 0 aromatic carbocycles. The Labute approximate surface area is 114 Å². The SMILES string of the molecule is COC(=O)C1(Cc2cccc(N)n2)CCC(C)CC1. The molecule has 1 saturated carbocycles. The maximum atomic E-state index is 12.2. The number of carbonyl (C=O) groups is 1. The zero-order valence-corrected chi connectivity index (χ0v) is 11.7. The number of anilines is 1. The van der Waals surface area contributed by atoms with Gasteiger partial charge in [0.2, 0.25) is 0 Å². The van der Waals surface area contributed by atoms with E-state index in [9.17, 15) is 4.79 Å². The summed E-state index contributed by atoms with van der Waals surface area (Å²) in [5.41, 5.74) is 6.17. The van der Waals surface area contributed by atoms with Gasteiger partial charge >= 0.3 is 5.97 Å². The van der Waals surface area contributed by atoms with E-state index in [1.165, 1.54) is 7.11 Å². The van der Waals surface area contributed by atoms with E-state index < -0.39 is 5.41 Å². The van der Waals surface area contributed by atoms with E-state index in [0.717, 1.165) is 31.4 Å². The van der Waals surface area contributed by atoms with Gasteiger partial charge in [-0.25, -0.2) is 4.98 Å². The highest BCUT2D eigenvalue weighted by Gasteiger charge is 2.42. The van der Waals surface area contributed by atoms with E-state index in [1.54, 1.807) is 6.07 Å². The molecule has 0 spiro atoms. The fraction of sp³-hybridized carbons (Fsp3) is 0.600. The van der Waals surface area contributed by atoms with E-state index >= 15 is 0 Å². The summed E-state index contributed by atoms with van der Waals surface area (Å²) in [6.45, 7) is 2.24. The minimum atomic E-state index is -0.415. The van der Waals surface area contributed by atoms with Crippen molar-refractivity contribution in [2.75, 3.05) is 12.8 Å². The van der Waals surface area contributed by atoms with Crippen LogP contribution < -0.4 is 5.73 Å². The van der Waals surface area contributed by atoms with Crippen LogP contribution in [-0.4, -0.2) is 18.1 Å². The molecule has 1 heterocycles. The molecule has 2 N–H and O–H groups in total. The molecular weight excluding hydrogens is 240 g/mol. The Bertz CT molecular complexity index is 451. The lowest BCUT2D eigenvalue weighted by Gasteiger charge is -2.36. The van der Waals surface area contributed by atoms with Gasteiger partial charge in [0.1, 0.15) is 5.82 Å². The van der Waals surface area contributed by atoms with Crippen molar-refractivity contribution in [2.24, 2.45) is 11.3 Å². The van der Waals surface area contributed by atoms with Crippen LogP contribution in [0.15, 0.2) is 18.2 Å². The number of hydrogen-bond donors (Lipinski definition) is 1. The van der Waals surface area contributed by atoms with Gasteiger partial charge in [-0.1, -0.05) is 13.0 Å². The van der Waals surface area contributed by atoms with E-state index in [2.05, 4.69) is 11.9 Å². The van der Waals surface area contributed by atoms with Crippen molar-refractivity contribution < 1.29 is 9.53 Å². The first kappa shape index (κ1) is 13.8. The Morgan fingerprint density at radius 3 is 2.74 bits per heavy atom. The molecule has 104 valence electrons. The van der Waals surface area contributed by atoms with Crippen molar-refractivity contribution in [1.82, 2.24) is 4.98 Å². The summed E-state index contributed by atoms with van der Waals surface area (Å²) in [4.78, 5) is 16.5. The molecule has 0 amide bonds. The van der Waals surface area contributed by atoms with E-state index in [-0.39, 0.29) is 5.97 Å². The van der Waals surface area contributed by atoms with Gasteiger partial charge in [0, 0.05) is 12.1 Å². The first-order valence-corrected chi connectivity index (χ1v) is 6.85. The van der Waals surface area contributed by atoms with Gasteiger partial charge in [-0.3, -0.25) is 4.79 Å². The van der Waals surface area contributed by atoms with Crippen molar-refractivity contribution in [3.63, 3.8) is 0 Å². The molecule has 0 unspecified atom stereocenters. The topological polar surface area (TPSA) is 65.2 Å². The van der Waals surface area contributed by atoms with Crippen LogP contribution in [-0.2, 0) is 16.0 Å². The standard InChI is InChI=1S/C15H22N2O2/c1-11-6-8-15(9-7-11,14(18)19-2)10-12-4-3-5-13(16)17-12/h3-5,11H,6-10H2,1-2H3,(H2,16,17). The zero-order chi connectivity index (χ0) is 13.9. The molecule has 1 aromatic heterocycles. The highest BCUT2D eigenvalue weighted by atomic mass is 16.5. The second-order valence-electron chi connectivity index (χ2n) is 5.69. The third-order valence-electron chi connectivity index (χ3n) is 4.20. The molecule has 1 aliphatic rings. The zero-order valence-electron chi connectivity index (χ0n) is 11.7. The lowest BCUT2D eigenvalue weighted by molar-refractivity contribution is -0.155. The number of rotatable bonds is 3. The summed E-state index contributed by atoms with van der Waals surface area (Å²) in [7, 11) is 1.47. The number of carbonyl (C=O) groups excluding carboxylic acids is 1. The first-order chi connectivity index (χ1) is 9.05. The van der Waals surface area contributed by atoms with Crippen LogP contribution in [0.3, 0.4) is 0 Å². The minimum Gasteiger partial charge on any atom is -0.469 e. The molecule has 0 saturated heterocycles. The van der Waals surface area contributed by atoms with Gasteiger partial charge < -0.3 is 10.5 Å². The van der Waals surface area contributed by atoms with Crippen LogP contribution in [0.1, 0.15) is 38.3 Å². The third kappa shape index (κ3) is 3.06. The Kier molecular flexibility index (Phi) is 4.08. The summed E-state index contributed by atoms with van der Waals surface area (Å²) in [6, 6.07) is 5.57. The summed E-state index contributed by atoms with van der Waals surface area (Å²) in [5, 5.41) is 0. The summed E-state index contributed by atoms with van der Waals surface area (Å²) in [6.07, 6.45) is 4.50. The molecular formula is C15H22N2O2. The lowest BCUT2D eigenvalue weighted by atomic mass is 9.68. The summed E-state index contributed by atoms with van der Waals surface area (Å²) < 4.78 is 5.03. The van der Waals surface area contributed by atoms with Crippen molar-refractivity contribution >= 4 is 11.8 Å². The van der Waals surface area contributed by atoms with Gasteiger partial charge in [0.05, 0.1) is 12.5 Å². The number of esters is 1. The monoisotopic (exact) mass is 262 g/mol. The van der Waals surface area contributed by atoms with Crippen LogP contribution in [0.5, 0.6) is 0 Å². The smallest absolute Gasteiger partial charge is 0.312 e. The number of nitrogens with two attached hydrogens (primary N) is 1. The van der Waals surface area contributed by atoms with Crippen molar-refractivity contribution in [3.05, 3.63) is 23.9 Å². The highest BCUT2D eigenvalue weighted by Crippen LogP contribution is 2.42. The predicted molar refractivity (Wildman–Crippen MR) is 74.4 cm³/mol. The van der Waals surface area contributed by atoms with E-state index in [0.29, 0.717) is 18.2 Å². The maximum absolute atomic E-state index is 12.2. The molecule has 0 radical (unpaired) electrons. The molecule has 1 aromatic rings. The van der Waals surface area contributed by atoms with Crippen LogP contribution in [0.2, 0.25) is 0 Å². The van der Waals surface area contributed by atoms with Crippen molar-refractivity contribution in [1.29, 1.82) is 0 Å². The highest BCUT2D eigenvalue weighted by molar-refractivity contribution is 5.77. The number of pyridine rings is 1. The molecule has 0 bridgehead atoms. The van der Waals surface area contributed by atoms with Crippen LogP contribution >= 0.6 is 0 Å². The van der Waals surface area contributed by atoms with Crippen LogP contribution in [0, 0.1) is 11.3 Å². The molecule has 1 aliphatic carbocycles. The number of nitrogens with zero attached hydrogens (tertiary/aromatic N) is 1. The Morgan fingerprint density at radius 1 is 1.47 bits per heavy atom.